The monoisotopic (exact) mass is 488 g/mol. The minimum Gasteiger partial charge on any atom is -0.477 e. The first-order valence-corrected chi connectivity index (χ1v) is 12.4. The van der Waals surface area contributed by atoms with Gasteiger partial charge in [0, 0.05) is 33.6 Å². The summed E-state index contributed by atoms with van der Waals surface area (Å²) in [7, 11) is 0. The van der Waals surface area contributed by atoms with Crippen LogP contribution in [0, 0.1) is 0 Å². The summed E-state index contributed by atoms with van der Waals surface area (Å²) in [5.74, 6) is 2.62. The average Bonchev–Trinajstić information content (AvgIpc) is 3.70. The number of nitrogens with zero attached hydrogens (tertiary/aromatic N) is 4. The van der Waals surface area contributed by atoms with Gasteiger partial charge in [-0.3, -0.25) is 0 Å². The molecule has 10 heteroatoms. The third-order valence-electron chi connectivity index (χ3n) is 7.08. The van der Waals surface area contributed by atoms with E-state index in [1.807, 2.05) is 0 Å². The molecule has 1 aromatic rings. The Labute approximate surface area is 208 Å². The molecule has 36 heavy (non-hydrogen) atoms. The third-order valence-corrected chi connectivity index (χ3v) is 7.08. The fourth-order valence-corrected chi connectivity index (χ4v) is 5.50. The van der Waals surface area contributed by atoms with Crippen LogP contribution in [0.25, 0.3) is 11.1 Å². The molecule has 0 saturated heterocycles. The summed E-state index contributed by atoms with van der Waals surface area (Å²) in [6.45, 7) is 9.06. The Balaban J connectivity index is 1.40. The van der Waals surface area contributed by atoms with Gasteiger partial charge < -0.3 is 29.6 Å². The molecule has 0 radical (unpaired) electrons. The molecule has 0 aliphatic carbocycles. The van der Waals surface area contributed by atoms with E-state index in [2.05, 4.69) is 68.7 Å². The van der Waals surface area contributed by atoms with Crippen LogP contribution in [-0.2, 0) is 18.9 Å². The Hall–Kier alpha value is -3.82. The Morgan fingerprint density at radius 1 is 0.611 bits per heavy atom. The fraction of sp³-hybridized carbons (Fsp3) is 0.462. The highest BCUT2D eigenvalue weighted by Gasteiger charge is 2.42. The summed E-state index contributed by atoms with van der Waals surface area (Å²) in [6.07, 6.45) is 4.23. The summed E-state index contributed by atoms with van der Waals surface area (Å²) < 4.78 is 23.7. The van der Waals surface area contributed by atoms with Crippen LogP contribution in [0.5, 0.6) is 0 Å². The van der Waals surface area contributed by atoms with Crippen LogP contribution < -0.4 is 10.6 Å². The van der Waals surface area contributed by atoms with Crippen molar-refractivity contribution in [2.75, 3.05) is 63.2 Å². The molecule has 2 unspecified atom stereocenters. The minimum absolute atomic E-state index is 0.575. The van der Waals surface area contributed by atoms with Crippen molar-refractivity contribution in [1.82, 2.24) is 0 Å². The van der Waals surface area contributed by atoms with Crippen molar-refractivity contribution in [1.29, 1.82) is 0 Å². The quantitative estimate of drug-likeness (QED) is 0.674. The van der Waals surface area contributed by atoms with Gasteiger partial charge in [0.2, 0.25) is 23.6 Å². The molecule has 186 valence electrons. The largest absolute Gasteiger partial charge is 0.477 e. The lowest BCUT2D eigenvalue weighted by molar-refractivity contribution is 0.327. The van der Waals surface area contributed by atoms with Crippen LogP contribution in [0.1, 0.15) is 25.0 Å². The number of rotatable bonds is 4. The molecule has 0 spiro atoms. The summed E-state index contributed by atoms with van der Waals surface area (Å²) in [5.41, 5.74) is 4.45. The Bertz CT molecular complexity index is 1240. The molecule has 7 rings (SSSR count). The molecule has 0 aromatic heterocycles. The maximum absolute atomic E-state index is 5.94. The van der Waals surface area contributed by atoms with Gasteiger partial charge in [-0.25, -0.2) is 20.0 Å². The molecule has 0 saturated carbocycles. The highest BCUT2D eigenvalue weighted by molar-refractivity contribution is 6.27. The van der Waals surface area contributed by atoms with Gasteiger partial charge in [0.15, 0.2) is 0 Å². The molecule has 10 nitrogen and oxygen atoms in total. The molecule has 2 atom stereocenters. The Morgan fingerprint density at radius 2 is 1.03 bits per heavy atom. The van der Waals surface area contributed by atoms with E-state index >= 15 is 0 Å². The summed E-state index contributed by atoms with van der Waals surface area (Å²) in [4.78, 5) is 18.5. The van der Waals surface area contributed by atoms with E-state index in [1.54, 1.807) is 0 Å². The Morgan fingerprint density at radius 3 is 1.39 bits per heavy atom. The number of anilines is 2. The second-order valence-electron chi connectivity index (χ2n) is 9.86. The van der Waals surface area contributed by atoms with Gasteiger partial charge in [-0.15, -0.1) is 0 Å². The van der Waals surface area contributed by atoms with Gasteiger partial charge in [0.25, 0.3) is 0 Å². The van der Waals surface area contributed by atoms with E-state index in [1.165, 1.54) is 0 Å². The smallest absolute Gasteiger partial charge is 0.216 e. The molecule has 6 aliphatic heterocycles. The van der Waals surface area contributed by atoms with Crippen LogP contribution in [-0.4, -0.2) is 87.3 Å². The number of fused-ring (bicyclic) bond motifs is 2. The van der Waals surface area contributed by atoms with Crippen LogP contribution in [0.3, 0.4) is 0 Å². The zero-order chi connectivity index (χ0) is 24.3. The van der Waals surface area contributed by atoms with Crippen LogP contribution in [0.4, 0.5) is 11.4 Å². The zero-order valence-electron chi connectivity index (χ0n) is 20.4. The van der Waals surface area contributed by atoms with E-state index in [0.717, 1.165) is 33.6 Å². The van der Waals surface area contributed by atoms with Crippen molar-refractivity contribution in [2.45, 2.75) is 24.9 Å². The van der Waals surface area contributed by atoms with Crippen LogP contribution >= 0.6 is 0 Å². The fourth-order valence-electron chi connectivity index (χ4n) is 5.50. The number of benzene rings is 1. The van der Waals surface area contributed by atoms with Gasteiger partial charge in [0.1, 0.15) is 37.5 Å². The van der Waals surface area contributed by atoms with E-state index < -0.39 is 11.1 Å². The maximum atomic E-state index is 5.94. The predicted octanol–water partition coefficient (Wildman–Crippen LogP) is 2.54. The van der Waals surface area contributed by atoms with Gasteiger partial charge >= 0.3 is 0 Å². The normalized spacial score (nSPS) is 29.9. The molecule has 6 aliphatic rings. The predicted molar refractivity (Wildman–Crippen MR) is 139 cm³/mol. The molecule has 0 fully saturated rings. The number of hydrogen-bond donors (Lipinski definition) is 2. The first-order valence-electron chi connectivity index (χ1n) is 12.4. The van der Waals surface area contributed by atoms with Crippen molar-refractivity contribution in [3.63, 3.8) is 0 Å². The first kappa shape index (κ1) is 21.5. The van der Waals surface area contributed by atoms with Crippen LogP contribution in [0.2, 0.25) is 0 Å². The summed E-state index contributed by atoms with van der Waals surface area (Å²) in [5, 5.41) is 7.36. The number of aliphatic imine (C=N–C) groups is 4. The summed E-state index contributed by atoms with van der Waals surface area (Å²) in [6, 6.07) is 4.28. The van der Waals surface area contributed by atoms with Crippen molar-refractivity contribution >= 4 is 46.1 Å². The van der Waals surface area contributed by atoms with Gasteiger partial charge in [-0.05, 0) is 38.1 Å². The minimum atomic E-state index is -0.629. The van der Waals surface area contributed by atoms with Crippen LogP contribution in [0.15, 0.2) is 44.3 Å². The third kappa shape index (κ3) is 3.30. The van der Waals surface area contributed by atoms with E-state index in [0.29, 0.717) is 76.2 Å². The standard InChI is InChI=1S/C26H28N6O4/c1-25(23-29-5-9-35-23)13-17(21-27-3-7-33-21)15-12-20-16(11-19(15)31-25)18(22-28-4-8-34-22)14-26(2,32-20)24-30-6-10-36-24/h11-14,31-32H,3-10H2,1-2H3. The van der Waals surface area contributed by atoms with Gasteiger partial charge in [-0.1, -0.05) is 0 Å². The van der Waals surface area contributed by atoms with E-state index in [9.17, 15) is 0 Å². The highest BCUT2D eigenvalue weighted by Crippen LogP contribution is 2.45. The summed E-state index contributed by atoms with van der Waals surface area (Å²) >= 11 is 0. The van der Waals surface area contributed by atoms with Gasteiger partial charge in [-0.2, -0.15) is 0 Å². The Kier molecular flexibility index (Phi) is 4.67. The topological polar surface area (TPSA) is 110 Å². The lowest BCUT2D eigenvalue weighted by Gasteiger charge is -2.38. The first-order chi connectivity index (χ1) is 17.5. The molecule has 0 amide bonds. The molecular weight excluding hydrogens is 460 g/mol. The number of ether oxygens (including phenoxy) is 4. The van der Waals surface area contributed by atoms with E-state index in [4.69, 9.17) is 18.9 Å². The zero-order valence-corrected chi connectivity index (χ0v) is 20.4. The molecule has 1 aromatic carbocycles. The molecule has 6 heterocycles. The molecule has 2 N–H and O–H groups in total. The average molecular weight is 489 g/mol. The van der Waals surface area contributed by atoms with Gasteiger partial charge in [0.05, 0.1) is 26.2 Å². The highest BCUT2D eigenvalue weighted by atomic mass is 16.5. The lowest BCUT2D eigenvalue weighted by atomic mass is 9.83. The number of hydrogen-bond acceptors (Lipinski definition) is 10. The van der Waals surface area contributed by atoms with Crippen molar-refractivity contribution in [2.24, 2.45) is 20.0 Å². The second kappa shape index (κ2) is 7.84. The SMILES string of the molecule is CC1(C2=NCCO2)C=C(C2=NCCO2)c2cc3c(cc2N1)C(C1=NCCO1)=CC(C)(C1=NCCO1)N3. The second-order valence-corrected chi connectivity index (χ2v) is 9.86. The van der Waals surface area contributed by atoms with Crippen molar-refractivity contribution in [3.8, 4) is 0 Å². The molecule has 0 bridgehead atoms. The van der Waals surface area contributed by atoms with Crippen molar-refractivity contribution < 1.29 is 18.9 Å². The van der Waals surface area contributed by atoms with E-state index in [-0.39, 0.29) is 0 Å². The van der Waals surface area contributed by atoms with Crippen molar-refractivity contribution in [3.05, 3.63) is 35.4 Å². The maximum Gasteiger partial charge on any atom is 0.216 e. The molecular formula is C26H28N6O4. The lowest BCUT2D eigenvalue weighted by Crippen LogP contribution is -2.46. The number of nitrogens with one attached hydrogen (secondary N) is 2.